The molecule has 1 fully saturated rings. The molecule has 1 heterocycles. The lowest BCUT2D eigenvalue weighted by Gasteiger charge is -2.39. The second-order valence-electron chi connectivity index (χ2n) is 6.38. The number of rotatable bonds is 6. The fourth-order valence-corrected chi connectivity index (χ4v) is 2.74. The Kier molecular flexibility index (Phi) is 6.61. The molecular formula is C15H32N2O. The van der Waals surface area contributed by atoms with Crippen LogP contribution in [-0.2, 0) is 4.74 Å². The number of nitrogens with zero attached hydrogens (tertiary/aromatic N) is 1. The van der Waals surface area contributed by atoms with Crippen molar-refractivity contribution < 1.29 is 4.74 Å². The van der Waals surface area contributed by atoms with E-state index in [1.807, 2.05) is 0 Å². The van der Waals surface area contributed by atoms with Crippen LogP contribution in [0.1, 0.15) is 47.5 Å². The lowest BCUT2D eigenvalue weighted by Crippen LogP contribution is -2.50. The average Bonchev–Trinajstić information content (AvgIpc) is 2.29. The summed E-state index contributed by atoms with van der Waals surface area (Å²) < 4.78 is 5.82. The van der Waals surface area contributed by atoms with Crippen molar-refractivity contribution in [2.45, 2.75) is 59.1 Å². The largest absolute Gasteiger partial charge is 0.375 e. The summed E-state index contributed by atoms with van der Waals surface area (Å²) in [5, 5.41) is 3.63. The summed E-state index contributed by atoms with van der Waals surface area (Å²) in [5.41, 5.74) is -0.00769. The zero-order chi connectivity index (χ0) is 13.6. The molecule has 1 aliphatic heterocycles. The second-order valence-corrected chi connectivity index (χ2v) is 6.38. The van der Waals surface area contributed by atoms with Crippen molar-refractivity contribution in [2.75, 3.05) is 32.8 Å². The molecule has 18 heavy (non-hydrogen) atoms. The molecule has 0 aromatic heterocycles. The Morgan fingerprint density at radius 2 is 2.00 bits per heavy atom. The molecule has 2 unspecified atom stereocenters. The van der Waals surface area contributed by atoms with Gasteiger partial charge in [-0.15, -0.1) is 0 Å². The first-order valence-corrected chi connectivity index (χ1v) is 7.56. The SMILES string of the molecule is CCNC1CCN(CCOC(C)(C)C)CC1CC. The average molecular weight is 256 g/mol. The second kappa shape index (κ2) is 7.46. The first-order chi connectivity index (χ1) is 8.46. The van der Waals surface area contributed by atoms with Gasteiger partial charge in [0, 0.05) is 19.1 Å². The Labute approximate surface area is 113 Å². The highest BCUT2D eigenvalue weighted by atomic mass is 16.5. The van der Waals surface area contributed by atoms with Crippen LogP contribution in [-0.4, -0.2) is 49.3 Å². The molecule has 0 aromatic rings. The number of hydrogen-bond donors (Lipinski definition) is 1. The highest BCUT2D eigenvalue weighted by Crippen LogP contribution is 2.20. The molecule has 0 saturated carbocycles. The number of likely N-dealkylation sites (tertiary alicyclic amines) is 1. The molecule has 1 aliphatic rings. The molecule has 1 rings (SSSR count). The molecule has 0 aromatic carbocycles. The van der Waals surface area contributed by atoms with Crippen LogP contribution in [0.2, 0.25) is 0 Å². The van der Waals surface area contributed by atoms with Crippen molar-refractivity contribution in [3.8, 4) is 0 Å². The van der Waals surface area contributed by atoms with Crippen LogP contribution < -0.4 is 5.32 Å². The Balaban J connectivity index is 2.29. The van der Waals surface area contributed by atoms with E-state index in [1.165, 1.54) is 25.9 Å². The van der Waals surface area contributed by atoms with Gasteiger partial charge in [-0.3, -0.25) is 0 Å². The Morgan fingerprint density at radius 1 is 1.28 bits per heavy atom. The fraction of sp³-hybridized carbons (Fsp3) is 1.00. The first-order valence-electron chi connectivity index (χ1n) is 7.56. The highest BCUT2D eigenvalue weighted by Gasteiger charge is 2.27. The van der Waals surface area contributed by atoms with Crippen LogP contribution in [0.4, 0.5) is 0 Å². The molecule has 0 aliphatic carbocycles. The highest BCUT2D eigenvalue weighted by molar-refractivity contribution is 4.84. The maximum Gasteiger partial charge on any atom is 0.0600 e. The molecule has 0 bridgehead atoms. The van der Waals surface area contributed by atoms with Gasteiger partial charge in [0.05, 0.1) is 12.2 Å². The van der Waals surface area contributed by atoms with Gasteiger partial charge in [0.15, 0.2) is 0 Å². The minimum atomic E-state index is -0.00769. The van der Waals surface area contributed by atoms with Crippen LogP contribution >= 0.6 is 0 Å². The molecule has 0 spiro atoms. The van der Waals surface area contributed by atoms with E-state index < -0.39 is 0 Å². The fourth-order valence-electron chi connectivity index (χ4n) is 2.74. The smallest absolute Gasteiger partial charge is 0.0600 e. The van der Waals surface area contributed by atoms with E-state index in [1.54, 1.807) is 0 Å². The lowest BCUT2D eigenvalue weighted by atomic mass is 9.90. The first kappa shape index (κ1) is 15.9. The van der Waals surface area contributed by atoms with E-state index in [0.29, 0.717) is 0 Å². The maximum absolute atomic E-state index is 5.82. The monoisotopic (exact) mass is 256 g/mol. The van der Waals surface area contributed by atoms with Gasteiger partial charge in [0.1, 0.15) is 0 Å². The Hall–Kier alpha value is -0.120. The summed E-state index contributed by atoms with van der Waals surface area (Å²) in [4.78, 5) is 2.56. The van der Waals surface area contributed by atoms with Gasteiger partial charge in [0.25, 0.3) is 0 Å². The van der Waals surface area contributed by atoms with E-state index in [4.69, 9.17) is 4.74 Å². The van der Waals surface area contributed by atoms with Crippen molar-refractivity contribution in [1.29, 1.82) is 0 Å². The van der Waals surface area contributed by atoms with Gasteiger partial charge < -0.3 is 15.0 Å². The van der Waals surface area contributed by atoms with Crippen LogP contribution in [0.15, 0.2) is 0 Å². The predicted molar refractivity (Wildman–Crippen MR) is 78.0 cm³/mol. The van der Waals surface area contributed by atoms with Crippen molar-refractivity contribution in [3.63, 3.8) is 0 Å². The van der Waals surface area contributed by atoms with Crippen molar-refractivity contribution in [2.24, 2.45) is 5.92 Å². The summed E-state index contributed by atoms with van der Waals surface area (Å²) >= 11 is 0. The van der Waals surface area contributed by atoms with Crippen molar-refractivity contribution in [3.05, 3.63) is 0 Å². The summed E-state index contributed by atoms with van der Waals surface area (Å²) in [6, 6.07) is 0.722. The van der Waals surface area contributed by atoms with Gasteiger partial charge in [-0.05, 0) is 46.2 Å². The Morgan fingerprint density at radius 3 is 2.56 bits per heavy atom. The zero-order valence-corrected chi connectivity index (χ0v) is 13.0. The molecule has 3 heteroatoms. The summed E-state index contributed by atoms with van der Waals surface area (Å²) in [5.74, 6) is 0.799. The number of ether oxygens (including phenoxy) is 1. The van der Waals surface area contributed by atoms with Crippen LogP contribution in [0.5, 0.6) is 0 Å². The predicted octanol–water partition coefficient (Wildman–Crippen LogP) is 2.51. The number of piperidine rings is 1. The molecule has 1 saturated heterocycles. The summed E-state index contributed by atoms with van der Waals surface area (Å²) in [7, 11) is 0. The van der Waals surface area contributed by atoms with Crippen LogP contribution in [0.3, 0.4) is 0 Å². The normalized spacial score (nSPS) is 26.5. The third-order valence-electron chi connectivity index (χ3n) is 3.75. The van der Waals surface area contributed by atoms with Crippen LogP contribution in [0.25, 0.3) is 0 Å². The van der Waals surface area contributed by atoms with Gasteiger partial charge in [0.2, 0.25) is 0 Å². The molecule has 2 atom stereocenters. The summed E-state index contributed by atoms with van der Waals surface area (Å²) in [6.07, 6.45) is 2.55. The third-order valence-corrected chi connectivity index (χ3v) is 3.75. The Bertz CT molecular complexity index is 225. The summed E-state index contributed by atoms with van der Waals surface area (Å²) in [6.45, 7) is 16.3. The van der Waals surface area contributed by atoms with E-state index in [2.05, 4.69) is 44.8 Å². The molecule has 108 valence electrons. The minimum Gasteiger partial charge on any atom is -0.375 e. The number of hydrogen-bond acceptors (Lipinski definition) is 3. The van der Waals surface area contributed by atoms with Crippen LogP contribution in [0, 0.1) is 5.92 Å². The molecule has 0 radical (unpaired) electrons. The van der Waals surface area contributed by atoms with Gasteiger partial charge >= 0.3 is 0 Å². The zero-order valence-electron chi connectivity index (χ0n) is 13.0. The van der Waals surface area contributed by atoms with E-state index in [0.717, 1.165) is 31.7 Å². The van der Waals surface area contributed by atoms with E-state index in [-0.39, 0.29) is 5.60 Å². The number of nitrogens with one attached hydrogen (secondary N) is 1. The third kappa shape index (κ3) is 5.68. The minimum absolute atomic E-state index is 0.00769. The van der Waals surface area contributed by atoms with Crippen molar-refractivity contribution in [1.82, 2.24) is 10.2 Å². The molecule has 0 amide bonds. The molecule has 1 N–H and O–H groups in total. The van der Waals surface area contributed by atoms with Gasteiger partial charge in [-0.2, -0.15) is 0 Å². The quantitative estimate of drug-likeness (QED) is 0.790. The molecular weight excluding hydrogens is 224 g/mol. The maximum atomic E-state index is 5.82. The standard InChI is InChI=1S/C15H32N2O/c1-6-13-12-17(9-8-14(13)16-7-2)10-11-18-15(3,4)5/h13-14,16H,6-12H2,1-5H3. The topological polar surface area (TPSA) is 24.5 Å². The van der Waals surface area contributed by atoms with Crippen molar-refractivity contribution >= 4 is 0 Å². The van der Waals surface area contributed by atoms with Gasteiger partial charge in [-0.1, -0.05) is 20.3 Å². The lowest BCUT2D eigenvalue weighted by molar-refractivity contribution is -0.0187. The van der Waals surface area contributed by atoms with E-state index in [9.17, 15) is 0 Å². The van der Waals surface area contributed by atoms with E-state index >= 15 is 0 Å². The molecule has 3 nitrogen and oxygen atoms in total. The van der Waals surface area contributed by atoms with Gasteiger partial charge in [-0.25, -0.2) is 0 Å².